The van der Waals surface area contributed by atoms with E-state index in [2.05, 4.69) is 20.8 Å². The molecule has 0 saturated heterocycles. The van der Waals surface area contributed by atoms with Crippen LogP contribution in [0, 0.1) is 0 Å². The molecular formula is C14H34OSn2. The van der Waals surface area contributed by atoms with Gasteiger partial charge in [-0.2, -0.15) is 0 Å². The summed E-state index contributed by atoms with van der Waals surface area (Å²) in [7, 11) is 0. The van der Waals surface area contributed by atoms with Crippen LogP contribution in [-0.2, 0) is 4.74 Å². The zero-order chi connectivity index (χ0) is 13.0. The summed E-state index contributed by atoms with van der Waals surface area (Å²) in [5.41, 5.74) is 0. The van der Waals surface area contributed by atoms with Crippen molar-refractivity contribution in [1.29, 1.82) is 0 Å². The Morgan fingerprint density at radius 2 is 1.24 bits per heavy atom. The van der Waals surface area contributed by atoms with Crippen molar-refractivity contribution < 1.29 is 4.74 Å². The average Bonchev–Trinajstić information content (AvgIpc) is 2.37. The van der Waals surface area contributed by atoms with E-state index in [4.69, 9.17) is 4.74 Å². The van der Waals surface area contributed by atoms with E-state index in [-0.39, 0.29) is 0 Å². The van der Waals surface area contributed by atoms with Crippen LogP contribution in [-0.4, -0.2) is 50.1 Å². The van der Waals surface area contributed by atoms with Crippen molar-refractivity contribution in [3.63, 3.8) is 0 Å². The van der Waals surface area contributed by atoms with Gasteiger partial charge in [0.15, 0.2) is 0 Å². The van der Waals surface area contributed by atoms with Crippen LogP contribution < -0.4 is 0 Å². The first kappa shape index (κ1) is 18.6. The van der Waals surface area contributed by atoms with Gasteiger partial charge >= 0.3 is 127 Å². The molecule has 104 valence electrons. The third kappa shape index (κ3) is 9.14. The summed E-state index contributed by atoms with van der Waals surface area (Å²) >= 11 is -1.15. The van der Waals surface area contributed by atoms with Crippen LogP contribution in [0.25, 0.3) is 0 Å². The molecular weight excluding hydrogens is 422 g/mol. The molecule has 0 fully saturated rings. The maximum atomic E-state index is 5.98. The van der Waals surface area contributed by atoms with E-state index in [0.29, 0.717) is 0 Å². The molecule has 0 radical (unpaired) electrons. The van der Waals surface area contributed by atoms with Gasteiger partial charge in [0.05, 0.1) is 0 Å². The number of hydrogen-bond acceptors (Lipinski definition) is 1. The second kappa shape index (κ2) is 12.6. The van der Waals surface area contributed by atoms with Gasteiger partial charge in [0, 0.05) is 0 Å². The normalized spacial score (nSPS) is 12.2. The Morgan fingerprint density at radius 3 is 1.53 bits per heavy atom. The molecule has 17 heavy (non-hydrogen) atoms. The van der Waals surface area contributed by atoms with Crippen LogP contribution >= 0.6 is 0 Å². The fourth-order valence-corrected chi connectivity index (χ4v) is 21.1. The van der Waals surface area contributed by atoms with Gasteiger partial charge in [0.25, 0.3) is 0 Å². The molecule has 0 aromatic rings. The Kier molecular flexibility index (Phi) is 13.7. The van der Waals surface area contributed by atoms with Gasteiger partial charge < -0.3 is 0 Å². The zero-order valence-electron chi connectivity index (χ0n) is 12.7. The van der Waals surface area contributed by atoms with Gasteiger partial charge in [0.2, 0.25) is 0 Å². The Hall–Kier alpha value is 1.56. The average molecular weight is 456 g/mol. The van der Waals surface area contributed by atoms with E-state index in [1.807, 2.05) is 0 Å². The fourth-order valence-electron chi connectivity index (χ4n) is 2.57. The Bertz CT molecular complexity index is 125. The standard InChI is InChI=1S/3C4H9.C2H4O.2Sn.3H/c3*1-3-4-2;1-3-2;;;;;/h3*1,3-4H2,2H3;1-2H2;;;;;. The van der Waals surface area contributed by atoms with Crippen LogP contribution in [0.15, 0.2) is 0 Å². The van der Waals surface area contributed by atoms with Crippen LogP contribution in [0.5, 0.6) is 0 Å². The van der Waals surface area contributed by atoms with E-state index in [0.717, 1.165) is 27.1 Å². The molecule has 1 nitrogen and oxygen atoms in total. The molecule has 0 atom stereocenters. The van der Waals surface area contributed by atoms with Gasteiger partial charge in [-0.25, -0.2) is 0 Å². The first-order valence-electron chi connectivity index (χ1n) is 7.82. The Labute approximate surface area is 126 Å². The van der Waals surface area contributed by atoms with E-state index in [9.17, 15) is 0 Å². The second-order valence-corrected chi connectivity index (χ2v) is 20.8. The van der Waals surface area contributed by atoms with Crippen LogP contribution in [0.2, 0.25) is 13.3 Å². The SMILES string of the molecule is CCC[CH2][Sn]([CH2]CCC)([CH2]CCC)[CH2]O[CH2][SnH3]. The summed E-state index contributed by atoms with van der Waals surface area (Å²) in [6.07, 6.45) is 8.55. The van der Waals surface area contributed by atoms with E-state index >= 15 is 0 Å². The van der Waals surface area contributed by atoms with Gasteiger partial charge in [-0.1, -0.05) is 0 Å². The van der Waals surface area contributed by atoms with E-state index in [1.165, 1.54) is 43.1 Å². The molecule has 0 aliphatic rings. The predicted molar refractivity (Wildman–Crippen MR) is 85.7 cm³/mol. The van der Waals surface area contributed by atoms with Crippen LogP contribution in [0.3, 0.4) is 0 Å². The fraction of sp³-hybridized carbons (Fsp3) is 1.00. The molecule has 0 bridgehead atoms. The number of ether oxygens (including phenoxy) is 1. The van der Waals surface area contributed by atoms with Gasteiger partial charge in [0.1, 0.15) is 0 Å². The molecule has 0 spiro atoms. The van der Waals surface area contributed by atoms with Crippen molar-refractivity contribution >= 4 is 40.9 Å². The molecule has 3 heteroatoms. The minimum atomic E-state index is -1.88. The van der Waals surface area contributed by atoms with Crippen molar-refractivity contribution in [3.8, 4) is 0 Å². The van der Waals surface area contributed by atoms with Crippen LogP contribution in [0.4, 0.5) is 0 Å². The molecule has 0 aromatic heterocycles. The van der Waals surface area contributed by atoms with Crippen molar-refractivity contribution in [2.45, 2.75) is 72.6 Å². The van der Waals surface area contributed by atoms with Gasteiger partial charge in [-0.15, -0.1) is 0 Å². The van der Waals surface area contributed by atoms with Crippen molar-refractivity contribution in [2.24, 2.45) is 0 Å². The van der Waals surface area contributed by atoms with Crippen LogP contribution in [0.1, 0.15) is 59.3 Å². The van der Waals surface area contributed by atoms with E-state index in [1.54, 1.807) is 13.3 Å². The molecule has 0 heterocycles. The molecule has 0 amide bonds. The number of rotatable bonds is 12. The number of unbranched alkanes of at least 4 members (excludes halogenated alkanes) is 3. The second-order valence-electron chi connectivity index (χ2n) is 5.45. The maximum absolute atomic E-state index is 5.98. The monoisotopic (exact) mass is 458 g/mol. The van der Waals surface area contributed by atoms with E-state index < -0.39 is 18.4 Å². The zero-order valence-corrected chi connectivity index (χ0v) is 21.2. The summed E-state index contributed by atoms with van der Waals surface area (Å²) in [5.74, 6) is 0. The molecule has 0 saturated carbocycles. The molecule has 0 aromatic carbocycles. The van der Waals surface area contributed by atoms with Gasteiger partial charge in [-0.05, 0) is 0 Å². The number of hydrogen-bond donors (Lipinski definition) is 0. The molecule has 0 aliphatic carbocycles. The third-order valence-electron chi connectivity index (χ3n) is 3.79. The first-order chi connectivity index (χ1) is 8.24. The Balaban J connectivity index is 4.39. The summed E-state index contributed by atoms with van der Waals surface area (Å²) in [6, 6.07) is 0. The Morgan fingerprint density at radius 1 is 0.824 bits per heavy atom. The minimum absolute atomic E-state index is 0.728. The summed E-state index contributed by atoms with van der Waals surface area (Å²) < 4.78 is 13.2. The first-order valence-corrected chi connectivity index (χ1v) is 19.9. The van der Waals surface area contributed by atoms with Crippen molar-refractivity contribution in [1.82, 2.24) is 0 Å². The van der Waals surface area contributed by atoms with Gasteiger partial charge in [-0.3, -0.25) is 0 Å². The molecule has 0 aliphatic heterocycles. The van der Waals surface area contributed by atoms with Crippen molar-refractivity contribution in [3.05, 3.63) is 0 Å². The molecule has 0 unspecified atom stereocenters. The third-order valence-corrected chi connectivity index (χ3v) is 19.4. The quantitative estimate of drug-likeness (QED) is 0.408. The molecule has 0 rings (SSSR count). The predicted octanol–water partition coefficient (Wildman–Crippen LogP) is 3.71. The summed E-state index contributed by atoms with van der Waals surface area (Å²) in [5, 5.41) is 0. The topological polar surface area (TPSA) is 9.23 Å². The van der Waals surface area contributed by atoms with Crippen molar-refractivity contribution in [2.75, 3.05) is 9.25 Å². The summed E-state index contributed by atoms with van der Waals surface area (Å²) in [4.78, 5) is 0. The molecule has 0 N–H and O–H groups in total. The summed E-state index contributed by atoms with van der Waals surface area (Å²) in [6.45, 7) is 7.02.